The lowest BCUT2D eigenvalue weighted by Gasteiger charge is -2.38. The van der Waals surface area contributed by atoms with E-state index in [0.29, 0.717) is 11.8 Å². The van der Waals surface area contributed by atoms with E-state index in [-0.39, 0.29) is 5.41 Å². The molecule has 0 bridgehead atoms. The first-order chi connectivity index (χ1) is 13.5. The molecule has 0 saturated carbocycles. The maximum Gasteiger partial charge on any atom is -0.000920 e. The van der Waals surface area contributed by atoms with E-state index in [1.54, 1.807) is 0 Å². The molecular weight excluding hydrogens is 336 g/mol. The standard InChI is InChI=1S/C28H40/c1-7-10-14-22(4)25-16-13-18-27(21-25)28(6,19-11-8-2)23(5)26-17-12-15-24(9-3)20-26/h9,12-13,15-18,20-23H,3,7-8,10-11,14,19H2,1-2,4-6H3. The first-order valence-corrected chi connectivity index (χ1v) is 11.3. The Labute approximate surface area is 174 Å². The molecule has 0 saturated heterocycles. The van der Waals surface area contributed by atoms with Crippen LogP contribution in [-0.2, 0) is 5.41 Å². The smallest absolute Gasteiger partial charge is 0.000920 e. The summed E-state index contributed by atoms with van der Waals surface area (Å²) < 4.78 is 0. The van der Waals surface area contributed by atoms with Gasteiger partial charge in [-0.05, 0) is 52.3 Å². The number of unbranched alkanes of at least 4 members (excludes halogenated alkanes) is 2. The van der Waals surface area contributed by atoms with Gasteiger partial charge in [0.05, 0.1) is 0 Å². The summed E-state index contributed by atoms with van der Waals surface area (Å²) in [5.74, 6) is 1.09. The molecule has 0 fully saturated rings. The van der Waals surface area contributed by atoms with Crippen molar-refractivity contribution in [3.63, 3.8) is 0 Å². The highest BCUT2D eigenvalue weighted by atomic mass is 14.4. The minimum absolute atomic E-state index is 0.135. The first-order valence-electron chi connectivity index (χ1n) is 11.3. The Balaban J connectivity index is 2.42. The number of hydrogen-bond acceptors (Lipinski definition) is 0. The van der Waals surface area contributed by atoms with Gasteiger partial charge in [-0.2, -0.15) is 0 Å². The summed E-state index contributed by atoms with van der Waals surface area (Å²) in [5, 5.41) is 0. The van der Waals surface area contributed by atoms with Crippen molar-refractivity contribution in [1.82, 2.24) is 0 Å². The monoisotopic (exact) mass is 376 g/mol. The summed E-state index contributed by atoms with van der Waals surface area (Å²) >= 11 is 0. The summed E-state index contributed by atoms with van der Waals surface area (Å²) in [6.45, 7) is 15.8. The van der Waals surface area contributed by atoms with E-state index in [1.807, 2.05) is 6.08 Å². The van der Waals surface area contributed by atoms with Crippen LogP contribution in [0.25, 0.3) is 6.08 Å². The molecule has 0 aliphatic carbocycles. The number of rotatable bonds is 11. The van der Waals surface area contributed by atoms with Gasteiger partial charge < -0.3 is 0 Å². The molecule has 0 aliphatic heterocycles. The molecule has 2 rings (SSSR count). The summed E-state index contributed by atoms with van der Waals surface area (Å²) in [4.78, 5) is 0. The van der Waals surface area contributed by atoms with Crippen molar-refractivity contribution in [2.45, 2.75) is 90.4 Å². The lowest BCUT2D eigenvalue weighted by atomic mass is 9.66. The molecule has 0 radical (unpaired) electrons. The van der Waals surface area contributed by atoms with Crippen molar-refractivity contribution < 1.29 is 0 Å². The predicted molar refractivity (Wildman–Crippen MR) is 126 cm³/mol. The van der Waals surface area contributed by atoms with E-state index in [0.717, 1.165) is 0 Å². The minimum Gasteiger partial charge on any atom is -0.0985 e. The maximum absolute atomic E-state index is 3.96. The topological polar surface area (TPSA) is 0 Å². The van der Waals surface area contributed by atoms with Crippen molar-refractivity contribution >= 4 is 6.08 Å². The number of benzene rings is 2. The van der Waals surface area contributed by atoms with Crippen molar-refractivity contribution in [2.24, 2.45) is 0 Å². The van der Waals surface area contributed by atoms with Crippen LogP contribution in [0.1, 0.15) is 107 Å². The zero-order chi connectivity index (χ0) is 20.6. The largest absolute Gasteiger partial charge is 0.0985 e. The van der Waals surface area contributed by atoms with Crippen LogP contribution in [0.5, 0.6) is 0 Å². The van der Waals surface area contributed by atoms with Gasteiger partial charge in [0, 0.05) is 0 Å². The Bertz CT molecular complexity index is 741. The Morgan fingerprint density at radius 2 is 1.61 bits per heavy atom. The molecule has 0 aliphatic rings. The van der Waals surface area contributed by atoms with Gasteiger partial charge in [-0.25, -0.2) is 0 Å². The van der Waals surface area contributed by atoms with Gasteiger partial charge in [-0.3, -0.25) is 0 Å². The van der Waals surface area contributed by atoms with Gasteiger partial charge in [0.2, 0.25) is 0 Å². The molecule has 2 aromatic carbocycles. The zero-order valence-electron chi connectivity index (χ0n) is 18.8. The minimum atomic E-state index is 0.135. The predicted octanol–water partition coefficient (Wildman–Crippen LogP) is 8.87. The molecule has 3 unspecified atom stereocenters. The first kappa shape index (κ1) is 22.5. The maximum atomic E-state index is 3.96. The second-order valence-electron chi connectivity index (χ2n) is 8.79. The van der Waals surface area contributed by atoms with Crippen LogP contribution in [0.4, 0.5) is 0 Å². The zero-order valence-corrected chi connectivity index (χ0v) is 18.8. The summed E-state index contributed by atoms with van der Waals surface area (Å²) in [7, 11) is 0. The molecule has 0 amide bonds. The molecule has 0 spiro atoms. The fourth-order valence-corrected chi connectivity index (χ4v) is 4.36. The molecule has 0 heterocycles. The Kier molecular flexibility index (Phi) is 8.55. The van der Waals surface area contributed by atoms with Gasteiger partial charge in [0.1, 0.15) is 0 Å². The van der Waals surface area contributed by atoms with E-state index >= 15 is 0 Å². The van der Waals surface area contributed by atoms with Crippen molar-refractivity contribution in [1.29, 1.82) is 0 Å². The molecule has 2 aromatic rings. The molecule has 0 aromatic heterocycles. The van der Waals surface area contributed by atoms with Crippen LogP contribution in [0.2, 0.25) is 0 Å². The van der Waals surface area contributed by atoms with E-state index in [2.05, 4.69) is 89.7 Å². The molecule has 3 atom stereocenters. The lowest BCUT2D eigenvalue weighted by molar-refractivity contribution is 0.354. The van der Waals surface area contributed by atoms with E-state index in [9.17, 15) is 0 Å². The fraction of sp³-hybridized carbons (Fsp3) is 0.500. The van der Waals surface area contributed by atoms with Gasteiger partial charge in [-0.15, -0.1) is 0 Å². The van der Waals surface area contributed by atoms with Crippen LogP contribution in [0, 0.1) is 0 Å². The molecule has 0 nitrogen and oxygen atoms in total. The fourth-order valence-electron chi connectivity index (χ4n) is 4.36. The summed E-state index contributed by atoms with van der Waals surface area (Å²) in [6, 6.07) is 18.4. The quantitative estimate of drug-likeness (QED) is 0.367. The Morgan fingerprint density at radius 3 is 2.29 bits per heavy atom. The SMILES string of the molecule is C=Cc1cccc(C(C)C(C)(CCCC)c2cccc(C(C)CCCC)c2)c1. The van der Waals surface area contributed by atoms with Crippen LogP contribution in [0.3, 0.4) is 0 Å². The van der Waals surface area contributed by atoms with Crippen molar-refractivity contribution in [3.8, 4) is 0 Å². The molecule has 28 heavy (non-hydrogen) atoms. The highest BCUT2D eigenvalue weighted by Crippen LogP contribution is 2.43. The lowest BCUT2D eigenvalue weighted by Crippen LogP contribution is -2.29. The second kappa shape index (κ2) is 10.6. The van der Waals surface area contributed by atoms with Crippen LogP contribution >= 0.6 is 0 Å². The average molecular weight is 377 g/mol. The normalized spacial score (nSPS) is 15.6. The van der Waals surface area contributed by atoms with Crippen LogP contribution < -0.4 is 0 Å². The van der Waals surface area contributed by atoms with Gasteiger partial charge in [0.25, 0.3) is 0 Å². The van der Waals surface area contributed by atoms with Crippen LogP contribution in [0.15, 0.2) is 55.1 Å². The molecule has 0 heteroatoms. The Hall–Kier alpha value is -1.82. The van der Waals surface area contributed by atoms with Crippen molar-refractivity contribution in [2.75, 3.05) is 0 Å². The van der Waals surface area contributed by atoms with E-state index in [4.69, 9.17) is 0 Å². The second-order valence-corrected chi connectivity index (χ2v) is 8.79. The van der Waals surface area contributed by atoms with E-state index < -0.39 is 0 Å². The third kappa shape index (κ3) is 5.37. The number of hydrogen-bond donors (Lipinski definition) is 0. The third-order valence-electron chi connectivity index (χ3n) is 6.76. The third-order valence-corrected chi connectivity index (χ3v) is 6.76. The van der Waals surface area contributed by atoms with Gasteiger partial charge >= 0.3 is 0 Å². The van der Waals surface area contributed by atoms with E-state index in [1.165, 1.54) is 60.8 Å². The molecule has 152 valence electrons. The molecule has 0 N–H and O–H groups in total. The van der Waals surface area contributed by atoms with Crippen LogP contribution in [-0.4, -0.2) is 0 Å². The molecular formula is C28H40. The highest BCUT2D eigenvalue weighted by Gasteiger charge is 2.33. The van der Waals surface area contributed by atoms with Crippen molar-refractivity contribution in [3.05, 3.63) is 77.4 Å². The summed E-state index contributed by atoms with van der Waals surface area (Å²) in [6.07, 6.45) is 9.53. The summed E-state index contributed by atoms with van der Waals surface area (Å²) in [5.41, 5.74) is 5.76. The average Bonchev–Trinajstić information content (AvgIpc) is 2.75. The Morgan fingerprint density at radius 1 is 0.929 bits per heavy atom. The van der Waals surface area contributed by atoms with Gasteiger partial charge in [-0.1, -0.05) is 121 Å². The van der Waals surface area contributed by atoms with Gasteiger partial charge in [0.15, 0.2) is 0 Å². The highest BCUT2D eigenvalue weighted by molar-refractivity contribution is 5.49.